The van der Waals surface area contributed by atoms with Crippen molar-refractivity contribution in [3.8, 4) is 11.7 Å². The number of rotatable bonds is 4. The van der Waals surface area contributed by atoms with Crippen molar-refractivity contribution in [2.75, 3.05) is 5.32 Å². The number of hydrogen-bond acceptors (Lipinski definition) is 5. The number of nitrogens with one attached hydrogen (secondary N) is 1. The third-order valence-corrected chi connectivity index (χ3v) is 3.96. The van der Waals surface area contributed by atoms with E-state index in [1.807, 2.05) is 36.4 Å². The molecule has 26 heavy (non-hydrogen) atoms. The zero-order valence-corrected chi connectivity index (χ0v) is 14.1. The minimum atomic E-state index is -0.412. The molecule has 0 aliphatic carbocycles. The fourth-order valence-corrected chi connectivity index (χ4v) is 2.58. The average Bonchev–Trinajstić information content (AvgIpc) is 3.27. The molecule has 1 N–H and O–H groups in total. The summed E-state index contributed by atoms with van der Waals surface area (Å²) >= 11 is 6.04. The Morgan fingerprint density at radius 1 is 1.04 bits per heavy atom. The maximum absolute atomic E-state index is 12.0. The van der Waals surface area contributed by atoms with Gasteiger partial charge in [0.15, 0.2) is 5.76 Å². The molecule has 0 saturated carbocycles. The van der Waals surface area contributed by atoms with Crippen LogP contribution in [0.2, 0.25) is 5.02 Å². The first-order valence-electron chi connectivity index (χ1n) is 7.75. The largest absolute Gasteiger partial charge is 0.451 e. The smallest absolute Gasteiger partial charge is 0.322 e. The topological polar surface area (TPSA) is 81.2 Å². The highest BCUT2D eigenvalue weighted by molar-refractivity contribution is 6.32. The number of halogens is 1. The number of amides is 1. The van der Waals surface area contributed by atoms with E-state index in [2.05, 4.69) is 15.5 Å². The Labute approximate surface area is 153 Å². The monoisotopic (exact) mass is 365 g/mol. The number of nitrogens with zero attached hydrogens (tertiary/aromatic N) is 2. The van der Waals surface area contributed by atoms with E-state index in [-0.39, 0.29) is 11.9 Å². The third-order valence-electron chi connectivity index (χ3n) is 3.61. The number of anilines is 1. The van der Waals surface area contributed by atoms with Gasteiger partial charge in [-0.3, -0.25) is 10.1 Å². The molecule has 0 spiro atoms. The average molecular weight is 366 g/mol. The summed E-state index contributed by atoms with van der Waals surface area (Å²) in [4.78, 5) is 12.0. The number of carbonyl (C=O) groups is 1. The molecule has 2 aromatic heterocycles. The maximum Gasteiger partial charge on any atom is 0.322 e. The van der Waals surface area contributed by atoms with Crippen LogP contribution in [0.5, 0.6) is 0 Å². The molecule has 4 rings (SSSR count). The van der Waals surface area contributed by atoms with E-state index in [1.54, 1.807) is 24.3 Å². The predicted octanol–water partition coefficient (Wildman–Crippen LogP) is 4.79. The Bertz CT molecular complexity index is 1080. The molecular formula is C19H12ClN3O3. The summed E-state index contributed by atoms with van der Waals surface area (Å²) in [5, 5.41) is 11.7. The van der Waals surface area contributed by atoms with E-state index in [1.165, 1.54) is 6.08 Å². The van der Waals surface area contributed by atoms with Crippen molar-refractivity contribution in [1.82, 2.24) is 10.2 Å². The summed E-state index contributed by atoms with van der Waals surface area (Å²) in [5.74, 6) is 0.210. The van der Waals surface area contributed by atoms with Crippen LogP contribution in [-0.2, 0) is 4.79 Å². The molecule has 0 aliphatic rings. The molecule has 0 unspecified atom stereocenters. The lowest BCUT2D eigenvalue weighted by atomic mass is 10.2. The SMILES string of the molecule is O=C(/C=C/c1ccccc1Cl)Nc1nnc(-c2cc3ccccc3o2)o1. The molecule has 7 heteroatoms. The normalized spacial score (nSPS) is 11.3. The second-order valence-corrected chi connectivity index (χ2v) is 5.81. The van der Waals surface area contributed by atoms with Gasteiger partial charge in [-0.15, -0.1) is 5.10 Å². The van der Waals surface area contributed by atoms with Crippen LogP contribution in [0.3, 0.4) is 0 Å². The fourth-order valence-electron chi connectivity index (χ4n) is 2.38. The number of aromatic nitrogens is 2. The van der Waals surface area contributed by atoms with E-state index in [4.69, 9.17) is 20.4 Å². The van der Waals surface area contributed by atoms with Crippen molar-refractivity contribution >= 4 is 40.6 Å². The number of hydrogen-bond donors (Lipinski definition) is 1. The Morgan fingerprint density at radius 2 is 1.85 bits per heavy atom. The van der Waals surface area contributed by atoms with Gasteiger partial charge < -0.3 is 8.83 Å². The van der Waals surface area contributed by atoms with Crippen molar-refractivity contribution in [1.29, 1.82) is 0 Å². The number of furan rings is 1. The Balaban J connectivity index is 1.48. The standard InChI is InChI=1S/C19H12ClN3O3/c20-14-7-3-1-5-12(14)9-10-17(24)21-19-23-22-18(26-19)16-11-13-6-2-4-8-15(13)25-16/h1-11H,(H,21,23,24)/b10-9+. The molecular weight excluding hydrogens is 354 g/mol. The molecule has 2 aromatic carbocycles. The molecule has 0 radical (unpaired) electrons. The molecule has 6 nitrogen and oxygen atoms in total. The number of benzene rings is 2. The van der Waals surface area contributed by atoms with Gasteiger partial charge in [-0.25, -0.2) is 0 Å². The van der Waals surface area contributed by atoms with Gasteiger partial charge in [0, 0.05) is 16.5 Å². The molecule has 1 amide bonds. The van der Waals surface area contributed by atoms with Crippen molar-refractivity contribution in [2.45, 2.75) is 0 Å². The summed E-state index contributed by atoms with van der Waals surface area (Å²) < 4.78 is 11.1. The first-order chi connectivity index (χ1) is 12.7. The minimum absolute atomic E-state index is 0.0192. The van der Waals surface area contributed by atoms with Crippen LogP contribution in [0.1, 0.15) is 5.56 Å². The van der Waals surface area contributed by atoms with Crippen molar-refractivity contribution in [3.63, 3.8) is 0 Å². The van der Waals surface area contributed by atoms with E-state index in [0.717, 1.165) is 10.9 Å². The van der Waals surface area contributed by atoms with Crippen LogP contribution < -0.4 is 5.32 Å². The van der Waals surface area contributed by atoms with Crippen molar-refractivity contribution in [3.05, 3.63) is 71.3 Å². The summed E-state index contributed by atoms with van der Waals surface area (Å²) in [6, 6.07) is 16.5. The Hall–Kier alpha value is -3.38. The van der Waals surface area contributed by atoms with E-state index < -0.39 is 5.91 Å². The van der Waals surface area contributed by atoms with Gasteiger partial charge in [0.1, 0.15) is 5.58 Å². The lowest BCUT2D eigenvalue weighted by molar-refractivity contribution is -0.112. The predicted molar refractivity (Wildman–Crippen MR) is 98.6 cm³/mol. The first-order valence-corrected chi connectivity index (χ1v) is 8.13. The lowest BCUT2D eigenvalue weighted by Crippen LogP contribution is -2.07. The van der Waals surface area contributed by atoms with Crippen LogP contribution in [0.4, 0.5) is 6.01 Å². The second-order valence-electron chi connectivity index (χ2n) is 5.40. The molecule has 0 atom stereocenters. The van der Waals surface area contributed by atoms with Crippen LogP contribution in [0.25, 0.3) is 28.7 Å². The molecule has 0 saturated heterocycles. The second kappa shape index (κ2) is 6.85. The summed E-state index contributed by atoms with van der Waals surface area (Å²) in [6.45, 7) is 0. The number of para-hydroxylation sites is 1. The van der Waals surface area contributed by atoms with Gasteiger partial charge in [0.05, 0.1) is 0 Å². The summed E-state index contributed by atoms with van der Waals surface area (Å²) in [5.41, 5.74) is 1.45. The summed E-state index contributed by atoms with van der Waals surface area (Å²) in [7, 11) is 0. The number of fused-ring (bicyclic) bond motifs is 1. The lowest BCUT2D eigenvalue weighted by Gasteiger charge is -1.97. The van der Waals surface area contributed by atoms with Crippen molar-refractivity contribution in [2.24, 2.45) is 0 Å². The Morgan fingerprint density at radius 3 is 2.69 bits per heavy atom. The molecule has 2 heterocycles. The molecule has 4 aromatic rings. The van der Waals surface area contributed by atoms with Crippen LogP contribution in [0.15, 0.2) is 69.5 Å². The highest BCUT2D eigenvalue weighted by Crippen LogP contribution is 2.27. The van der Waals surface area contributed by atoms with Crippen molar-refractivity contribution < 1.29 is 13.6 Å². The van der Waals surface area contributed by atoms with Gasteiger partial charge in [-0.1, -0.05) is 53.1 Å². The maximum atomic E-state index is 12.0. The van der Waals surface area contributed by atoms with E-state index in [9.17, 15) is 4.79 Å². The van der Waals surface area contributed by atoms with Gasteiger partial charge >= 0.3 is 6.01 Å². The van der Waals surface area contributed by atoms with Gasteiger partial charge in [0.25, 0.3) is 11.8 Å². The fraction of sp³-hybridized carbons (Fsp3) is 0. The van der Waals surface area contributed by atoms with Gasteiger partial charge in [0.2, 0.25) is 0 Å². The van der Waals surface area contributed by atoms with E-state index >= 15 is 0 Å². The van der Waals surface area contributed by atoms with Crippen LogP contribution in [0, 0.1) is 0 Å². The van der Waals surface area contributed by atoms with Crippen LogP contribution in [-0.4, -0.2) is 16.1 Å². The first kappa shape index (κ1) is 16.1. The molecule has 0 fully saturated rings. The minimum Gasteiger partial charge on any atom is -0.451 e. The quantitative estimate of drug-likeness (QED) is 0.526. The Kier molecular flexibility index (Phi) is 4.25. The molecule has 0 aliphatic heterocycles. The molecule has 128 valence electrons. The summed E-state index contributed by atoms with van der Waals surface area (Å²) in [6.07, 6.45) is 2.94. The third kappa shape index (κ3) is 3.36. The highest BCUT2D eigenvalue weighted by atomic mass is 35.5. The zero-order chi connectivity index (χ0) is 17.9. The zero-order valence-electron chi connectivity index (χ0n) is 13.3. The molecule has 0 bridgehead atoms. The number of carbonyl (C=O) groups excluding carboxylic acids is 1. The van der Waals surface area contributed by atoms with Gasteiger partial charge in [-0.05, 0) is 29.8 Å². The van der Waals surface area contributed by atoms with Gasteiger partial charge in [-0.2, -0.15) is 0 Å². The van der Waals surface area contributed by atoms with Crippen LogP contribution >= 0.6 is 11.6 Å². The van der Waals surface area contributed by atoms with E-state index in [0.29, 0.717) is 16.4 Å². The highest BCUT2D eigenvalue weighted by Gasteiger charge is 2.14.